The van der Waals surface area contributed by atoms with E-state index in [0.29, 0.717) is 12.5 Å². The van der Waals surface area contributed by atoms with Crippen molar-refractivity contribution in [2.24, 2.45) is 5.92 Å². The van der Waals surface area contributed by atoms with E-state index in [2.05, 4.69) is 0 Å². The van der Waals surface area contributed by atoms with Gasteiger partial charge in [-0.3, -0.25) is 0 Å². The molecule has 0 amide bonds. The Labute approximate surface area is 104 Å². The van der Waals surface area contributed by atoms with Crippen molar-refractivity contribution in [2.75, 3.05) is 6.61 Å². The van der Waals surface area contributed by atoms with Crippen molar-refractivity contribution in [1.29, 1.82) is 0 Å². The molecule has 0 radical (unpaired) electrons. The Bertz CT molecular complexity index is 392. The molecule has 1 rings (SSSR count). The van der Waals surface area contributed by atoms with Crippen LogP contribution in [0.5, 0.6) is 5.75 Å². The van der Waals surface area contributed by atoms with Gasteiger partial charge in [0.1, 0.15) is 5.75 Å². The Hall–Kier alpha value is -1.20. The molecule has 0 N–H and O–H groups in total. The molecule has 1 aromatic carbocycles. The lowest BCUT2D eigenvalue weighted by Gasteiger charge is -2.17. The highest BCUT2D eigenvalue weighted by atomic mass is 19.4. The topological polar surface area (TPSA) is 9.23 Å². The lowest BCUT2D eigenvalue weighted by molar-refractivity contribution is 0.250. The molecule has 1 unspecified atom stereocenters. The lowest BCUT2D eigenvalue weighted by atomic mass is 9.80. The van der Waals surface area contributed by atoms with Crippen LogP contribution in [-0.2, 0) is 0 Å². The molecule has 0 aliphatic rings. The summed E-state index contributed by atoms with van der Waals surface area (Å²) in [7, 11) is 0. The molecule has 102 valence electrons. The maximum atomic E-state index is 13.2. The third-order valence-corrected chi connectivity index (χ3v) is 2.64. The van der Waals surface area contributed by atoms with Crippen LogP contribution in [0, 0.1) is 11.7 Å². The molecule has 0 aliphatic carbocycles. The fraction of sp³-hybridized carbons (Fsp3) is 0.500. The second-order valence-electron chi connectivity index (χ2n) is 4.46. The average Bonchev–Trinajstić information content (AvgIpc) is 2.25. The van der Waals surface area contributed by atoms with Crippen molar-refractivity contribution in [2.45, 2.75) is 26.7 Å². The molecule has 1 atom stereocenters. The van der Waals surface area contributed by atoms with E-state index in [0.717, 1.165) is 31.0 Å². The summed E-state index contributed by atoms with van der Waals surface area (Å²) in [4.78, 5) is 0. The van der Waals surface area contributed by atoms with Crippen molar-refractivity contribution in [1.82, 2.24) is 0 Å². The van der Waals surface area contributed by atoms with Crippen molar-refractivity contribution in [3.63, 3.8) is 0 Å². The molecule has 1 nitrogen and oxygen atoms in total. The van der Waals surface area contributed by atoms with E-state index in [1.54, 1.807) is 0 Å². The van der Waals surface area contributed by atoms with Crippen LogP contribution in [0.3, 0.4) is 0 Å². The van der Waals surface area contributed by atoms with E-state index in [-0.39, 0.29) is 5.75 Å². The first kappa shape index (κ1) is 14.9. The number of benzene rings is 1. The summed E-state index contributed by atoms with van der Waals surface area (Å²) >= 11 is 0. The monoisotopic (exact) mass is 263 g/mol. The minimum Gasteiger partial charge on any atom is -0.493 e. The Morgan fingerprint density at radius 3 is 2.44 bits per heavy atom. The van der Waals surface area contributed by atoms with Crippen LogP contribution in [0.4, 0.5) is 17.3 Å². The molecule has 6 heteroatoms. The van der Waals surface area contributed by atoms with E-state index in [1.807, 2.05) is 13.8 Å². The fourth-order valence-corrected chi connectivity index (χ4v) is 1.68. The van der Waals surface area contributed by atoms with Gasteiger partial charge >= 0.3 is 6.98 Å². The van der Waals surface area contributed by atoms with Crippen LogP contribution in [0.2, 0.25) is 0 Å². The molecule has 0 bridgehead atoms. The predicted molar refractivity (Wildman–Crippen MR) is 64.7 cm³/mol. The number of ether oxygens (including phenoxy) is 1. The van der Waals surface area contributed by atoms with Crippen LogP contribution in [0.1, 0.15) is 26.7 Å². The molecule has 1 aromatic rings. The van der Waals surface area contributed by atoms with E-state index in [4.69, 9.17) is 4.74 Å². The summed E-state index contributed by atoms with van der Waals surface area (Å²) in [5.41, 5.74) is -1.20. The van der Waals surface area contributed by atoms with E-state index >= 15 is 0 Å². The van der Waals surface area contributed by atoms with Gasteiger partial charge in [-0.2, -0.15) is 0 Å². The fourth-order valence-electron chi connectivity index (χ4n) is 1.68. The van der Waals surface area contributed by atoms with Gasteiger partial charge in [0, 0.05) is 6.07 Å². The highest BCUT2D eigenvalue weighted by Gasteiger charge is 2.28. The largest absolute Gasteiger partial charge is 0.512 e. The number of hydrogen-bond acceptors (Lipinski definition) is 1. The highest BCUT2D eigenvalue weighted by molar-refractivity contribution is 6.73. The Kier molecular flexibility index (Phi) is 5.05. The predicted octanol–water partition coefficient (Wildman–Crippen LogP) is 3.70. The van der Waals surface area contributed by atoms with Crippen molar-refractivity contribution in [3.8, 4) is 5.75 Å². The standard InChI is InChI=1S/C12H16BF4O/c1-3-4-9(2)8-18-10-5-6-11(12(14)7-10)13(15,16)17/h5-7,9H,3-4,8H2,1-2H3/q-1. The Balaban J connectivity index is 2.68. The average molecular weight is 263 g/mol. The zero-order valence-corrected chi connectivity index (χ0v) is 10.4. The molecule has 18 heavy (non-hydrogen) atoms. The van der Waals surface area contributed by atoms with Gasteiger partial charge in [-0.25, -0.2) is 4.39 Å². The van der Waals surface area contributed by atoms with Crippen LogP contribution in [0.25, 0.3) is 0 Å². The normalized spacial score (nSPS) is 13.4. The third-order valence-electron chi connectivity index (χ3n) is 2.64. The summed E-state index contributed by atoms with van der Waals surface area (Å²) in [5, 5.41) is 0. The maximum Gasteiger partial charge on any atom is 0.512 e. The molecule has 0 aliphatic heterocycles. The van der Waals surface area contributed by atoms with Crippen LogP contribution in [0.15, 0.2) is 18.2 Å². The lowest BCUT2D eigenvalue weighted by Crippen LogP contribution is -2.36. The molecular formula is C12H16BF4O-. The first-order chi connectivity index (χ1) is 8.34. The Morgan fingerprint density at radius 1 is 1.28 bits per heavy atom. The van der Waals surface area contributed by atoms with E-state index < -0.39 is 18.3 Å². The number of halogens is 4. The molecule has 0 aromatic heterocycles. The smallest absolute Gasteiger partial charge is 0.493 e. The van der Waals surface area contributed by atoms with Gasteiger partial charge in [0.05, 0.1) is 12.4 Å². The second kappa shape index (κ2) is 6.11. The molecule has 0 spiro atoms. The van der Waals surface area contributed by atoms with Gasteiger partial charge in [-0.15, -0.1) is 0 Å². The van der Waals surface area contributed by atoms with Crippen molar-refractivity contribution >= 4 is 12.4 Å². The van der Waals surface area contributed by atoms with Crippen LogP contribution in [-0.4, -0.2) is 13.6 Å². The summed E-state index contributed by atoms with van der Waals surface area (Å²) in [6.45, 7) is -0.912. The van der Waals surface area contributed by atoms with Gasteiger partial charge in [0.15, 0.2) is 0 Å². The third kappa shape index (κ3) is 4.24. The molecular weight excluding hydrogens is 247 g/mol. The summed E-state index contributed by atoms with van der Waals surface area (Å²) in [5.74, 6) is -0.841. The van der Waals surface area contributed by atoms with E-state index in [9.17, 15) is 17.3 Å². The van der Waals surface area contributed by atoms with Gasteiger partial charge in [0.25, 0.3) is 0 Å². The van der Waals surface area contributed by atoms with Crippen molar-refractivity contribution in [3.05, 3.63) is 24.0 Å². The van der Waals surface area contributed by atoms with Crippen LogP contribution < -0.4 is 10.2 Å². The van der Waals surface area contributed by atoms with Gasteiger partial charge in [-0.1, -0.05) is 31.8 Å². The maximum absolute atomic E-state index is 13.2. The van der Waals surface area contributed by atoms with Crippen LogP contribution >= 0.6 is 0 Å². The Morgan fingerprint density at radius 2 is 1.94 bits per heavy atom. The molecule has 0 saturated heterocycles. The molecule has 0 saturated carbocycles. The van der Waals surface area contributed by atoms with E-state index in [1.165, 1.54) is 0 Å². The van der Waals surface area contributed by atoms with Crippen molar-refractivity contribution < 1.29 is 22.1 Å². The minimum atomic E-state index is -5.31. The first-order valence-corrected chi connectivity index (χ1v) is 5.96. The summed E-state index contributed by atoms with van der Waals surface area (Å²) in [6.07, 6.45) is 1.97. The number of rotatable bonds is 6. The summed E-state index contributed by atoms with van der Waals surface area (Å²) < 4.78 is 55.6. The number of hydrogen-bond donors (Lipinski definition) is 0. The zero-order chi connectivity index (χ0) is 13.8. The second-order valence-corrected chi connectivity index (χ2v) is 4.46. The molecule has 0 heterocycles. The molecule has 0 fully saturated rings. The van der Waals surface area contributed by atoms with Gasteiger partial charge in [0.2, 0.25) is 0 Å². The van der Waals surface area contributed by atoms with Gasteiger partial charge in [-0.05, 0) is 18.4 Å². The van der Waals surface area contributed by atoms with Gasteiger partial charge < -0.3 is 17.7 Å². The quantitative estimate of drug-likeness (QED) is 0.561. The summed E-state index contributed by atoms with van der Waals surface area (Å²) in [6, 6.07) is 2.69. The minimum absolute atomic E-state index is 0.138. The first-order valence-electron chi connectivity index (χ1n) is 5.96. The highest BCUT2D eigenvalue weighted by Crippen LogP contribution is 2.18. The SMILES string of the molecule is CCCC(C)COc1ccc([B-](F)(F)F)c(F)c1. The zero-order valence-electron chi connectivity index (χ0n) is 10.4.